The van der Waals surface area contributed by atoms with E-state index in [-0.39, 0.29) is 5.91 Å². The maximum absolute atomic E-state index is 12.4. The lowest BCUT2D eigenvalue weighted by Gasteiger charge is -2.14. The largest absolute Gasteiger partial charge is 0.354 e. The van der Waals surface area contributed by atoms with E-state index in [4.69, 9.17) is 0 Å². The summed E-state index contributed by atoms with van der Waals surface area (Å²) >= 11 is 0. The van der Waals surface area contributed by atoms with Crippen molar-refractivity contribution >= 4 is 17.3 Å². The van der Waals surface area contributed by atoms with E-state index in [1.165, 1.54) is 5.56 Å². The highest BCUT2D eigenvalue weighted by Gasteiger charge is 2.09. The lowest BCUT2D eigenvalue weighted by Crippen LogP contribution is -2.23. The molecule has 0 aliphatic heterocycles. The van der Waals surface area contributed by atoms with Crippen LogP contribution in [-0.2, 0) is 6.54 Å². The zero-order valence-electron chi connectivity index (χ0n) is 15.2. The second-order valence-electron chi connectivity index (χ2n) is 6.36. The number of anilines is 2. The van der Waals surface area contributed by atoms with E-state index in [1.807, 2.05) is 18.2 Å². The van der Waals surface area contributed by atoms with Crippen molar-refractivity contribution in [1.29, 1.82) is 0 Å². The Hall–Kier alpha value is -3.21. The van der Waals surface area contributed by atoms with Crippen LogP contribution in [0.1, 0.15) is 32.7 Å². The van der Waals surface area contributed by atoms with Gasteiger partial charge in [-0.25, -0.2) is 0 Å². The standard InChI is InChI=1S/C21H22N4O/c1-14-8-15(2)20(16(3)9-14)25-19-10-17(11-22-12-19)21(26)24-13-18-6-4-5-7-23-18/h4-12,25H,13H2,1-3H3,(H,24,26). The maximum atomic E-state index is 12.4. The van der Waals surface area contributed by atoms with E-state index in [2.05, 4.69) is 53.5 Å². The fourth-order valence-electron chi connectivity index (χ4n) is 2.93. The summed E-state index contributed by atoms with van der Waals surface area (Å²) in [5.41, 5.74) is 6.70. The summed E-state index contributed by atoms with van der Waals surface area (Å²) in [5.74, 6) is -0.177. The molecular formula is C21H22N4O. The molecule has 0 saturated carbocycles. The summed E-state index contributed by atoms with van der Waals surface area (Å²) in [6.45, 7) is 6.60. The summed E-state index contributed by atoms with van der Waals surface area (Å²) in [4.78, 5) is 20.8. The van der Waals surface area contributed by atoms with Crippen LogP contribution in [0, 0.1) is 20.8 Å². The number of aryl methyl sites for hydroxylation is 3. The summed E-state index contributed by atoms with van der Waals surface area (Å²) < 4.78 is 0. The highest BCUT2D eigenvalue weighted by molar-refractivity contribution is 5.94. The van der Waals surface area contributed by atoms with Gasteiger partial charge in [-0.3, -0.25) is 14.8 Å². The molecular weight excluding hydrogens is 324 g/mol. The molecule has 26 heavy (non-hydrogen) atoms. The summed E-state index contributed by atoms with van der Waals surface area (Å²) in [6.07, 6.45) is 4.99. The number of benzene rings is 1. The molecule has 2 aromatic heterocycles. The SMILES string of the molecule is Cc1cc(C)c(Nc2cncc(C(=O)NCc3ccccn3)c2)c(C)c1. The van der Waals surface area contributed by atoms with Crippen LogP contribution >= 0.6 is 0 Å². The van der Waals surface area contributed by atoms with Crippen LogP contribution in [0.5, 0.6) is 0 Å². The van der Waals surface area contributed by atoms with Crippen molar-refractivity contribution in [2.75, 3.05) is 5.32 Å². The molecule has 0 spiro atoms. The highest BCUT2D eigenvalue weighted by Crippen LogP contribution is 2.25. The maximum Gasteiger partial charge on any atom is 0.253 e. The van der Waals surface area contributed by atoms with Gasteiger partial charge in [0.1, 0.15) is 0 Å². The minimum atomic E-state index is -0.177. The minimum Gasteiger partial charge on any atom is -0.354 e. The fourth-order valence-corrected chi connectivity index (χ4v) is 2.93. The zero-order chi connectivity index (χ0) is 18.5. The first kappa shape index (κ1) is 17.6. The molecule has 5 heteroatoms. The van der Waals surface area contributed by atoms with E-state index >= 15 is 0 Å². The first-order chi connectivity index (χ1) is 12.5. The van der Waals surface area contributed by atoms with Gasteiger partial charge in [0.25, 0.3) is 5.91 Å². The molecule has 0 unspecified atom stereocenters. The summed E-state index contributed by atoms with van der Waals surface area (Å²) in [6, 6.07) is 11.7. The van der Waals surface area contributed by atoms with Gasteiger partial charge < -0.3 is 10.6 Å². The first-order valence-electron chi connectivity index (χ1n) is 8.51. The molecule has 0 radical (unpaired) electrons. The van der Waals surface area contributed by atoms with Gasteiger partial charge in [0.15, 0.2) is 0 Å². The molecule has 2 heterocycles. The quantitative estimate of drug-likeness (QED) is 0.731. The molecule has 5 nitrogen and oxygen atoms in total. The van der Waals surface area contributed by atoms with E-state index in [0.717, 1.165) is 28.2 Å². The van der Waals surface area contributed by atoms with Crippen molar-refractivity contribution in [2.45, 2.75) is 27.3 Å². The topological polar surface area (TPSA) is 66.9 Å². The number of carbonyl (C=O) groups is 1. The van der Waals surface area contributed by atoms with E-state index in [1.54, 1.807) is 24.7 Å². The molecule has 0 atom stereocenters. The number of hydrogen-bond acceptors (Lipinski definition) is 4. The molecule has 2 N–H and O–H groups in total. The highest BCUT2D eigenvalue weighted by atomic mass is 16.1. The monoisotopic (exact) mass is 346 g/mol. The minimum absolute atomic E-state index is 0.177. The Morgan fingerprint density at radius 3 is 2.50 bits per heavy atom. The summed E-state index contributed by atoms with van der Waals surface area (Å²) in [5, 5.41) is 6.25. The van der Waals surface area contributed by atoms with Gasteiger partial charge >= 0.3 is 0 Å². The van der Waals surface area contributed by atoms with E-state index in [0.29, 0.717) is 12.1 Å². The van der Waals surface area contributed by atoms with Crippen molar-refractivity contribution in [1.82, 2.24) is 15.3 Å². The lowest BCUT2D eigenvalue weighted by atomic mass is 10.0. The van der Waals surface area contributed by atoms with Crippen molar-refractivity contribution in [3.8, 4) is 0 Å². The average molecular weight is 346 g/mol. The Morgan fingerprint density at radius 2 is 1.81 bits per heavy atom. The van der Waals surface area contributed by atoms with Gasteiger partial charge in [-0.15, -0.1) is 0 Å². The molecule has 0 aliphatic rings. The van der Waals surface area contributed by atoms with Crippen LogP contribution in [-0.4, -0.2) is 15.9 Å². The number of nitrogens with zero attached hydrogens (tertiary/aromatic N) is 2. The number of pyridine rings is 2. The Balaban J connectivity index is 1.73. The molecule has 0 bridgehead atoms. The first-order valence-corrected chi connectivity index (χ1v) is 8.51. The number of hydrogen-bond donors (Lipinski definition) is 2. The van der Waals surface area contributed by atoms with Crippen LogP contribution in [0.2, 0.25) is 0 Å². The third kappa shape index (κ3) is 4.25. The molecule has 0 aliphatic carbocycles. The van der Waals surface area contributed by atoms with Gasteiger partial charge in [0, 0.05) is 18.1 Å². The average Bonchev–Trinajstić information content (AvgIpc) is 2.64. The van der Waals surface area contributed by atoms with Gasteiger partial charge in [-0.1, -0.05) is 23.8 Å². The number of nitrogens with one attached hydrogen (secondary N) is 2. The smallest absolute Gasteiger partial charge is 0.253 e. The van der Waals surface area contributed by atoms with Gasteiger partial charge in [-0.2, -0.15) is 0 Å². The Kier molecular flexibility index (Phi) is 5.27. The lowest BCUT2D eigenvalue weighted by molar-refractivity contribution is 0.0950. The van der Waals surface area contributed by atoms with Crippen LogP contribution in [0.15, 0.2) is 55.0 Å². The van der Waals surface area contributed by atoms with Crippen molar-refractivity contribution < 1.29 is 4.79 Å². The number of amides is 1. The third-order valence-electron chi connectivity index (χ3n) is 4.10. The summed E-state index contributed by atoms with van der Waals surface area (Å²) in [7, 11) is 0. The Bertz CT molecular complexity index is 899. The molecule has 1 amide bonds. The number of aromatic nitrogens is 2. The van der Waals surface area contributed by atoms with E-state index in [9.17, 15) is 4.79 Å². The molecule has 0 fully saturated rings. The van der Waals surface area contributed by atoms with Crippen LogP contribution < -0.4 is 10.6 Å². The molecule has 3 aromatic rings. The predicted molar refractivity (Wildman–Crippen MR) is 104 cm³/mol. The van der Waals surface area contributed by atoms with Gasteiger partial charge in [0.2, 0.25) is 0 Å². The Morgan fingerprint density at radius 1 is 1.04 bits per heavy atom. The third-order valence-corrected chi connectivity index (χ3v) is 4.10. The van der Waals surface area contributed by atoms with E-state index < -0.39 is 0 Å². The Labute approximate surface area is 153 Å². The van der Waals surface area contributed by atoms with Crippen LogP contribution in [0.25, 0.3) is 0 Å². The van der Waals surface area contributed by atoms with Crippen molar-refractivity contribution in [3.05, 3.63) is 82.9 Å². The fraction of sp³-hybridized carbons (Fsp3) is 0.190. The van der Waals surface area contributed by atoms with Crippen LogP contribution in [0.3, 0.4) is 0 Å². The molecule has 0 saturated heterocycles. The van der Waals surface area contributed by atoms with Crippen LogP contribution in [0.4, 0.5) is 11.4 Å². The molecule has 3 rings (SSSR count). The molecule has 1 aromatic carbocycles. The number of carbonyl (C=O) groups excluding carboxylic acids is 1. The van der Waals surface area contributed by atoms with Crippen molar-refractivity contribution in [2.24, 2.45) is 0 Å². The van der Waals surface area contributed by atoms with Crippen molar-refractivity contribution in [3.63, 3.8) is 0 Å². The second kappa shape index (κ2) is 7.78. The number of rotatable bonds is 5. The van der Waals surface area contributed by atoms with Gasteiger partial charge in [0.05, 0.1) is 29.7 Å². The van der Waals surface area contributed by atoms with Gasteiger partial charge in [-0.05, 0) is 50.1 Å². The molecule has 132 valence electrons. The normalized spacial score (nSPS) is 10.4. The second-order valence-corrected chi connectivity index (χ2v) is 6.36. The predicted octanol–water partition coefficient (Wildman–Crippen LogP) is 4.08. The zero-order valence-corrected chi connectivity index (χ0v) is 15.2.